The number of carbonyl (C=O) groups is 1. The van der Waals surface area contributed by atoms with Crippen molar-refractivity contribution >= 4 is 5.78 Å². The third-order valence-corrected chi connectivity index (χ3v) is 6.36. The van der Waals surface area contributed by atoms with E-state index in [9.17, 15) is 30.3 Å². The Morgan fingerprint density at radius 2 is 1.21 bits per heavy atom. The Hall–Kier alpha value is -1.51. The van der Waals surface area contributed by atoms with Gasteiger partial charge in [0.05, 0.1) is 45.1 Å². The number of rotatable bonds is 20. The molecule has 0 unspecified atom stereocenters. The van der Waals surface area contributed by atoms with Gasteiger partial charge in [0.1, 0.15) is 11.5 Å². The molecule has 1 aromatic carbocycles. The number of aliphatic hydroxyl groups excluding tert-OH is 5. The van der Waals surface area contributed by atoms with E-state index in [4.69, 9.17) is 4.74 Å². The molecule has 0 atom stereocenters. The van der Waals surface area contributed by atoms with Crippen LogP contribution in [0, 0.1) is 10.8 Å². The van der Waals surface area contributed by atoms with Gasteiger partial charge in [-0.3, -0.25) is 4.79 Å². The van der Waals surface area contributed by atoms with Crippen molar-refractivity contribution in [1.82, 2.24) is 0 Å². The SMILES string of the molecule is CCCCCCCCCc1ccc(OCC(CO)(CO)CC(=O)CC(CO)(CO)CO)cc1. The topological polar surface area (TPSA) is 127 Å². The molecule has 0 bridgehead atoms. The molecule has 7 heteroatoms. The standard InChI is InChI=1S/C26H44O7/c1-2-3-4-5-6-7-8-9-22-10-12-24(13-11-22)33-21-26(19-30,20-31)15-23(32)14-25(16-27,17-28)18-29/h10-13,27-31H,2-9,14-21H2,1H3. The van der Waals surface area contributed by atoms with Crippen molar-refractivity contribution in [3.63, 3.8) is 0 Å². The number of hydrogen-bond donors (Lipinski definition) is 5. The largest absolute Gasteiger partial charge is 0.493 e. The molecule has 0 aliphatic carbocycles. The maximum absolute atomic E-state index is 12.5. The minimum Gasteiger partial charge on any atom is -0.493 e. The summed E-state index contributed by atoms with van der Waals surface area (Å²) in [6.45, 7) is -0.394. The molecule has 0 aromatic heterocycles. The summed E-state index contributed by atoms with van der Waals surface area (Å²) in [4.78, 5) is 12.5. The maximum Gasteiger partial charge on any atom is 0.134 e. The molecule has 1 aromatic rings. The second kappa shape index (κ2) is 16.2. The lowest BCUT2D eigenvalue weighted by Crippen LogP contribution is -2.41. The highest BCUT2D eigenvalue weighted by atomic mass is 16.5. The van der Waals surface area contributed by atoms with E-state index in [0.29, 0.717) is 5.75 Å². The first kappa shape index (κ1) is 29.5. The van der Waals surface area contributed by atoms with Gasteiger partial charge in [-0.25, -0.2) is 0 Å². The average Bonchev–Trinajstić information content (AvgIpc) is 2.85. The van der Waals surface area contributed by atoms with E-state index in [1.165, 1.54) is 44.1 Å². The number of aryl methyl sites for hydroxylation is 1. The van der Waals surface area contributed by atoms with Crippen LogP contribution in [0.1, 0.15) is 70.3 Å². The van der Waals surface area contributed by atoms with Gasteiger partial charge in [0.2, 0.25) is 0 Å². The van der Waals surface area contributed by atoms with E-state index < -0.39 is 43.9 Å². The van der Waals surface area contributed by atoms with E-state index in [2.05, 4.69) is 6.92 Å². The van der Waals surface area contributed by atoms with Crippen molar-refractivity contribution < 1.29 is 35.1 Å². The summed E-state index contributed by atoms with van der Waals surface area (Å²) in [5.41, 5.74) is -1.28. The molecular formula is C26H44O7. The molecule has 0 amide bonds. The molecule has 0 fully saturated rings. The predicted molar refractivity (Wildman–Crippen MR) is 128 cm³/mol. The van der Waals surface area contributed by atoms with Crippen LogP contribution in [0.3, 0.4) is 0 Å². The third kappa shape index (κ3) is 10.5. The number of benzene rings is 1. The van der Waals surface area contributed by atoms with E-state index in [-0.39, 0.29) is 25.2 Å². The van der Waals surface area contributed by atoms with E-state index in [1.807, 2.05) is 24.3 Å². The number of Topliss-reactive ketones (excluding diaryl/α,β-unsaturated/α-hetero) is 1. The summed E-state index contributed by atoms with van der Waals surface area (Å²) >= 11 is 0. The fraction of sp³-hybridized carbons (Fsp3) is 0.731. The first-order valence-electron chi connectivity index (χ1n) is 12.2. The lowest BCUT2D eigenvalue weighted by Gasteiger charge is -2.31. The van der Waals surface area contributed by atoms with E-state index in [1.54, 1.807) is 0 Å². The van der Waals surface area contributed by atoms with Gasteiger partial charge >= 0.3 is 0 Å². The van der Waals surface area contributed by atoms with E-state index in [0.717, 1.165) is 12.8 Å². The van der Waals surface area contributed by atoms with Crippen molar-refractivity contribution in [1.29, 1.82) is 0 Å². The van der Waals surface area contributed by atoms with Crippen LogP contribution in [0.25, 0.3) is 0 Å². The summed E-state index contributed by atoms with van der Waals surface area (Å²) in [5.74, 6) is 0.205. The van der Waals surface area contributed by atoms with Gasteiger partial charge in [-0.1, -0.05) is 57.6 Å². The number of unbranched alkanes of at least 4 members (excludes halogenated alkanes) is 6. The zero-order valence-electron chi connectivity index (χ0n) is 20.2. The van der Waals surface area contributed by atoms with Crippen LogP contribution in [0.5, 0.6) is 5.75 Å². The van der Waals surface area contributed by atoms with Crippen molar-refractivity contribution in [3.8, 4) is 5.75 Å². The number of ether oxygens (including phenoxy) is 1. The molecule has 33 heavy (non-hydrogen) atoms. The molecule has 0 aliphatic heterocycles. The molecule has 0 heterocycles. The van der Waals surface area contributed by atoms with Gasteiger partial charge in [0.25, 0.3) is 0 Å². The third-order valence-electron chi connectivity index (χ3n) is 6.36. The monoisotopic (exact) mass is 468 g/mol. The first-order chi connectivity index (χ1) is 15.9. The van der Waals surface area contributed by atoms with Gasteiger partial charge in [0.15, 0.2) is 0 Å². The summed E-state index contributed by atoms with van der Waals surface area (Å²) in [7, 11) is 0. The number of aliphatic hydroxyl groups is 5. The van der Waals surface area contributed by atoms with Crippen molar-refractivity contribution in [3.05, 3.63) is 29.8 Å². The Balaban J connectivity index is 2.54. The van der Waals surface area contributed by atoms with Gasteiger partial charge in [0, 0.05) is 18.3 Å². The van der Waals surface area contributed by atoms with Crippen LogP contribution < -0.4 is 4.74 Å². The summed E-state index contributed by atoms with van der Waals surface area (Å²) < 4.78 is 5.78. The zero-order chi connectivity index (χ0) is 24.6. The molecule has 7 nitrogen and oxygen atoms in total. The molecule has 0 saturated carbocycles. The van der Waals surface area contributed by atoms with Gasteiger partial charge in [-0.2, -0.15) is 0 Å². The smallest absolute Gasteiger partial charge is 0.134 e. The molecule has 190 valence electrons. The van der Waals surface area contributed by atoms with Gasteiger partial charge < -0.3 is 30.3 Å². The molecule has 0 aliphatic rings. The van der Waals surface area contributed by atoms with Gasteiger partial charge in [-0.05, 0) is 30.5 Å². The molecule has 0 spiro atoms. The maximum atomic E-state index is 12.5. The minimum atomic E-state index is -1.32. The van der Waals surface area contributed by atoms with Crippen LogP contribution in [0.4, 0.5) is 0 Å². The Bertz CT molecular complexity index is 628. The Kier molecular flexibility index (Phi) is 14.5. The second-order valence-electron chi connectivity index (χ2n) is 9.49. The summed E-state index contributed by atoms with van der Waals surface area (Å²) in [5, 5.41) is 48.0. The Morgan fingerprint density at radius 3 is 1.73 bits per heavy atom. The summed E-state index contributed by atoms with van der Waals surface area (Å²) in [6, 6.07) is 7.73. The average molecular weight is 469 g/mol. The minimum absolute atomic E-state index is 0.0623. The highest BCUT2D eigenvalue weighted by Crippen LogP contribution is 2.28. The lowest BCUT2D eigenvalue weighted by atomic mass is 9.79. The normalized spacial score (nSPS) is 12.2. The van der Waals surface area contributed by atoms with Crippen LogP contribution in [-0.2, 0) is 11.2 Å². The highest BCUT2D eigenvalue weighted by molar-refractivity contribution is 5.80. The molecule has 5 N–H and O–H groups in total. The molecular weight excluding hydrogens is 424 g/mol. The van der Waals surface area contributed by atoms with Crippen LogP contribution in [-0.4, -0.2) is 71.0 Å². The first-order valence-corrected chi connectivity index (χ1v) is 12.2. The van der Waals surface area contributed by atoms with Crippen molar-refractivity contribution in [2.45, 2.75) is 71.1 Å². The van der Waals surface area contributed by atoms with Crippen LogP contribution in [0.15, 0.2) is 24.3 Å². The molecule has 1 rings (SSSR count). The highest BCUT2D eigenvalue weighted by Gasteiger charge is 2.37. The number of ketones is 1. The van der Waals surface area contributed by atoms with Crippen molar-refractivity contribution in [2.24, 2.45) is 10.8 Å². The fourth-order valence-electron chi connectivity index (χ4n) is 3.80. The quantitative estimate of drug-likeness (QED) is 0.186. The van der Waals surface area contributed by atoms with Crippen molar-refractivity contribution in [2.75, 3.05) is 39.6 Å². The van der Waals surface area contributed by atoms with Crippen LogP contribution >= 0.6 is 0 Å². The number of carbonyl (C=O) groups excluding carboxylic acids is 1. The second-order valence-corrected chi connectivity index (χ2v) is 9.49. The van der Waals surface area contributed by atoms with Crippen LogP contribution in [0.2, 0.25) is 0 Å². The van der Waals surface area contributed by atoms with E-state index >= 15 is 0 Å². The summed E-state index contributed by atoms with van der Waals surface area (Å²) in [6.07, 6.45) is 9.44. The Morgan fingerprint density at radius 1 is 0.727 bits per heavy atom. The molecule has 0 radical (unpaired) electrons. The predicted octanol–water partition coefficient (Wildman–Crippen LogP) is 2.64. The zero-order valence-corrected chi connectivity index (χ0v) is 20.2. The Labute approximate surface area is 198 Å². The lowest BCUT2D eigenvalue weighted by molar-refractivity contribution is -0.129. The molecule has 0 saturated heterocycles. The fourth-order valence-corrected chi connectivity index (χ4v) is 3.80. The van der Waals surface area contributed by atoms with Gasteiger partial charge in [-0.15, -0.1) is 0 Å². The number of hydrogen-bond acceptors (Lipinski definition) is 7.